The van der Waals surface area contributed by atoms with Gasteiger partial charge in [0.25, 0.3) is 0 Å². The van der Waals surface area contributed by atoms with Gasteiger partial charge in [0.05, 0.1) is 5.57 Å². The van der Waals surface area contributed by atoms with Crippen molar-refractivity contribution in [2.45, 2.75) is 58.2 Å². The number of hydrogen-bond acceptors (Lipinski definition) is 6. The van der Waals surface area contributed by atoms with Crippen LogP contribution in [-0.4, -0.2) is 51.9 Å². The lowest BCUT2D eigenvalue weighted by atomic mass is 9.81. The molecule has 122 valence electrons. The molecule has 1 saturated heterocycles. The number of carboxylic acid groups (broad SMARTS) is 1. The Kier molecular flexibility index (Phi) is 4.25. The molecule has 0 spiro atoms. The maximum Gasteiger partial charge on any atom is 0.334 e. The van der Waals surface area contributed by atoms with Crippen LogP contribution in [0.3, 0.4) is 0 Å². The van der Waals surface area contributed by atoms with E-state index in [0.717, 1.165) is 0 Å². The Balaban J connectivity index is 2.60. The fourth-order valence-corrected chi connectivity index (χ4v) is 3.02. The number of aliphatic carboxylic acids is 1. The number of carboxylic acids is 1. The second-order valence-corrected chi connectivity index (χ2v) is 5.74. The van der Waals surface area contributed by atoms with E-state index in [9.17, 15) is 19.9 Å². The fourth-order valence-electron chi connectivity index (χ4n) is 3.02. The predicted molar refractivity (Wildman–Crippen MR) is 75.6 cm³/mol. The van der Waals surface area contributed by atoms with Gasteiger partial charge in [-0.25, -0.2) is 4.79 Å². The molecule has 0 aromatic carbocycles. The Morgan fingerprint density at radius 2 is 2.00 bits per heavy atom. The molecular formula is C14H20N2O6. The molecule has 1 aliphatic heterocycles. The molecule has 8 heteroatoms. The van der Waals surface area contributed by atoms with Crippen molar-refractivity contribution >= 4 is 17.6 Å². The summed E-state index contributed by atoms with van der Waals surface area (Å²) in [5.74, 6) is -2.50. The molecule has 0 radical (unpaired) electrons. The number of hydrogen-bond donors (Lipinski definition) is 3. The van der Waals surface area contributed by atoms with E-state index in [1.807, 2.05) is 0 Å². The minimum atomic E-state index is -1.16. The van der Waals surface area contributed by atoms with Crippen molar-refractivity contribution in [3.63, 3.8) is 0 Å². The lowest BCUT2D eigenvalue weighted by Crippen LogP contribution is -2.56. The predicted octanol–water partition coefficient (Wildman–Crippen LogP) is 0.646. The van der Waals surface area contributed by atoms with E-state index in [-0.39, 0.29) is 17.2 Å². The summed E-state index contributed by atoms with van der Waals surface area (Å²) in [4.78, 5) is 23.1. The maximum atomic E-state index is 11.7. The van der Waals surface area contributed by atoms with E-state index in [1.165, 1.54) is 6.92 Å². The molecule has 8 nitrogen and oxygen atoms in total. The molecule has 0 saturated carbocycles. The molecule has 2 aliphatic rings. The first-order valence-electron chi connectivity index (χ1n) is 7.03. The zero-order valence-corrected chi connectivity index (χ0v) is 12.9. The minimum Gasteiger partial charge on any atom is -0.478 e. The lowest BCUT2D eigenvalue weighted by molar-refractivity contribution is -0.147. The van der Waals surface area contributed by atoms with Gasteiger partial charge >= 0.3 is 5.97 Å². The van der Waals surface area contributed by atoms with Gasteiger partial charge in [0, 0.05) is 6.92 Å². The van der Waals surface area contributed by atoms with Crippen molar-refractivity contribution in [1.82, 2.24) is 5.32 Å². The Labute approximate surface area is 127 Å². The van der Waals surface area contributed by atoms with Crippen LogP contribution in [0.25, 0.3) is 0 Å². The number of nitrogens with zero attached hydrogens (tertiary/aromatic N) is 1. The van der Waals surface area contributed by atoms with E-state index in [0.29, 0.717) is 12.0 Å². The molecule has 2 rings (SSSR count). The summed E-state index contributed by atoms with van der Waals surface area (Å²) in [6.45, 7) is 6.40. The average molecular weight is 312 g/mol. The highest BCUT2D eigenvalue weighted by Crippen LogP contribution is 2.40. The van der Waals surface area contributed by atoms with Crippen LogP contribution in [0.5, 0.6) is 0 Å². The van der Waals surface area contributed by atoms with Crippen LogP contribution >= 0.6 is 0 Å². The number of fused-ring (bicyclic) bond motifs is 1. The molecule has 0 bridgehead atoms. The van der Waals surface area contributed by atoms with Crippen LogP contribution in [0.4, 0.5) is 0 Å². The summed E-state index contributed by atoms with van der Waals surface area (Å²) in [5.41, 5.74) is 0.446. The van der Waals surface area contributed by atoms with Crippen LogP contribution in [0.2, 0.25) is 0 Å². The van der Waals surface area contributed by atoms with Crippen LogP contribution in [0, 0.1) is 0 Å². The van der Waals surface area contributed by atoms with Crippen LogP contribution in [-0.2, 0) is 19.1 Å². The van der Waals surface area contributed by atoms with Crippen LogP contribution in [0.1, 0.15) is 34.1 Å². The molecule has 1 amide bonds. The van der Waals surface area contributed by atoms with Gasteiger partial charge in [-0.05, 0) is 25.8 Å². The summed E-state index contributed by atoms with van der Waals surface area (Å²) in [7, 11) is 0. The number of carbonyl (C=O) groups excluding carboxylic acids is 1. The number of nitrogens with one attached hydrogen (secondary N) is 1. The molecule has 0 unspecified atom stereocenters. The van der Waals surface area contributed by atoms with E-state index < -0.39 is 30.0 Å². The van der Waals surface area contributed by atoms with Crippen molar-refractivity contribution in [3.05, 3.63) is 11.1 Å². The van der Waals surface area contributed by atoms with Crippen LogP contribution < -0.4 is 5.32 Å². The highest BCUT2D eigenvalue weighted by molar-refractivity contribution is 6.12. The van der Waals surface area contributed by atoms with Crippen molar-refractivity contribution < 1.29 is 29.4 Å². The topological polar surface area (TPSA) is 117 Å². The third-order valence-corrected chi connectivity index (χ3v) is 3.72. The number of rotatable bonds is 3. The van der Waals surface area contributed by atoms with Gasteiger partial charge in [-0.3, -0.25) is 4.79 Å². The van der Waals surface area contributed by atoms with Crippen molar-refractivity contribution in [2.75, 3.05) is 0 Å². The third-order valence-electron chi connectivity index (χ3n) is 3.72. The molecule has 1 heterocycles. The minimum absolute atomic E-state index is 0.00692. The van der Waals surface area contributed by atoms with Crippen molar-refractivity contribution in [1.29, 1.82) is 0 Å². The first-order chi connectivity index (χ1) is 10.2. The summed E-state index contributed by atoms with van der Waals surface area (Å²) in [6, 6.07) is -0.771. The average Bonchev–Trinajstić information content (AvgIpc) is 2.71. The number of carbonyl (C=O) groups is 2. The summed E-state index contributed by atoms with van der Waals surface area (Å²) in [6.07, 6.45) is -1.29. The van der Waals surface area contributed by atoms with E-state index in [4.69, 9.17) is 9.47 Å². The Hall–Kier alpha value is -1.93. The van der Waals surface area contributed by atoms with Gasteiger partial charge in [-0.15, -0.1) is 0 Å². The largest absolute Gasteiger partial charge is 0.478 e. The fraction of sp³-hybridized carbons (Fsp3) is 0.643. The summed E-state index contributed by atoms with van der Waals surface area (Å²) >= 11 is 0. The molecule has 1 aliphatic carbocycles. The van der Waals surface area contributed by atoms with E-state index in [2.05, 4.69) is 10.5 Å². The Bertz CT molecular complexity index is 566. The van der Waals surface area contributed by atoms with Gasteiger partial charge in [-0.1, -0.05) is 12.1 Å². The van der Waals surface area contributed by atoms with E-state index in [1.54, 1.807) is 20.8 Å². The monoisotopic (exact) mass is 312 g/mol. The Morgan fingerprint density at radius 1 is 1.36 bits per heavy atom. The van der Waals surface area contributed by atoms with Gasteiger partial charge in [-0.2, -0.15) is 0 Å². The third kappa shape index (κ3) is 2.71. The summed E-state index contributed by atoms with van der Waals surface area (Å²) in [5, 5.41) is 24.7. The number of amides is 1. The van der Waals surface area contributed by atoms with Gasteiger partial charge < -0.3 is 25.1 Å². The zero-order valence-electron chi connectivity index (χ0n) is 12.9. The molecule has 1 fully saturated rings. The highest BCUT2D eigenvalue weighted by atomic mass is 16.8. The number of ether oxygens (including phenoxy) is 2. The lowest BCUT2D eigenvalue weighted by Gasteiger charge is -2.34. The molecule has 3 atom stereocenters. The smallest absolute Gasteiger partial charge is 0.334 e. The Morgan fingerprint density at radius 3 is 2.45 bits per heavy atom. The second-order valence-electron chi connectivity index (χ2n) is 5.74. The van der Waals surface area contributed by atoms with Gasteiger partial charge in [0.1, 0.15) is 24.0 Å². The van der Waals surface area contributed by atoms with Gasteiger partial charge in [0.2, 0.25) is 5.91 Å². The highest BCUT2D eigenvalue weighted by Gasteiger charge is 2.54. The SMILES string of the molecule is CCC1=C(C(=O)O)[C@H]2OC(C)(C)O[C@H]2[C@H](NC(C)=O)C1=NO. The standard InChI is InChI=1S/C14H20N2O6/c1-5-7-8(13(18)19)11-12(22-14(3,4)21-11)10(9(7)16-20)15-6(2)17/h10-12,20H,5H2,1-4H3,(H,15,17)(H,18,19)/t10-,11-,12+/m1/s1. The normalized spacial score (nSPS) is 32.0. The first-order valence-corrected chi connectivity index (χ1v) is 7.03. The molecular weight excluding hydrogens is 292 g/mol. The van der Waals surface area contributed by atoms with Gasteiger partial charge in [0.15, 0.2) is 5.79 Å². The quantitative estimate of drug-likeness (QED) is 0.520. The molecule has 3 N–H and O–H groups in total. The van der Waals surface area contributed by atoms with Crippen molar-refractivity contribution in [3.8, 4) is 0 Å². The van der Waals surface area contributed by atoms with Crippen molar-refractivity contribution in [2.24, 2.45) is 5.16 Å². The molecule has 0 aromatic rings. The number of oxime groups is 1. The van der Waals surface area contributed by atoms with Crippen LogP contribution in [0.15, 0.2) is 16.3 Å². The zero-order chi connectivity index (χ0) is 16.7. The second kappa shape index (κ2) is 5.69. The molecule has 0 aromatic heterocycles. The summed E-state index contributed by atoms with van der Waals surface area (Å²) < 4.78 is 11.5. The van der Waals surface area contributed by atoms with E-state index >= 15 is 0 Å². The molecule has 22 heavy (non-hydrogen) atoms. The maximum absolute atomic E-state index is 11.7. The first kappa shape index (κ1) is 16.4.